The fourth-order valence-electron chi connectivity index (χ4n) is 2.20. The molecule has 0 aliphatic carbocycles. The Balaban J connectivity index is 2.46. The van der Waals surface area contributed by atoms with Gasteiger partial charge in [0.15, 0.2) is 0 Å². The molecule has 0 aliphatic rings. The molecule has 2 nitrogen and oxygen atoms in total. The molecule has 0 radical (unpaired) electrons. The summed E-state index contributed by atoms with van der Waals surface area (Å²) < 4.78 is 0. The number of hydrogen-bond acceptors (Lipinski definition) is 2. The van der Waals surface area contributed by atoms with Crippen molar-refractivity contribution in [2.24, 2.45) is 0 Å². The molecule has 0 spiro atoms. The Kier molecular flexibility index (Phi) is 3.64. The molecule has 2 heteroatoms. The van der Waals surface area contributed by atoms with Crippen molar-refractivity contribution in [1.82, 2.24) is 0 Å². The fraction of sp³-hybridized carbons (Fsp3) is 0.333. The molecule has 2 rings (SSSR count). The van der Waals surface area contributed by atoms with Crippen molar-refractivity contribution in [2.75, 3.05) is 18.0 Å². The van der Waals surface area contributed by atoms with Gasteiger partial charge in [-0.15, -0.1) is 0 Å². The summed E-state index contributed by atoms with van der Waals surface area (Å²) in [5.41, 5.74) is 1.20. The molecular formula is C15H19NO. The lowest BCUT2D eigenvalue weighted by molar-refractivity contribution is 0.200. The van der Waals surface area contributed by atoms with Crippen LogP contribution in [0, 0.1) is 0 Å². The van der Waals surface area contributed by atoms with E-state index in [1.54, 1.807) is 0 Å². The van der Waals surface area contributed by atoms with Gasteiger partial charge in [-0.3, -0.25) is 0 Å². The highest BCUT2D eigenvalue weighted by Gasteiger charge is 2.09. The molecule has 0 amide bonds. The summed E-state index contributed by atoms with van der Waals surface area (Å²) in [6.07, 6.45) is -0.311. The summed E-state index contributed by atoms with van der Waals surface area (Å²) in [5, 5.41) is 12.0. The van der Waals surface area contributed by atoms with E-state index in [1.807, 2.05) is 6.92 Å². The van der Waals surface area contributed by atoms with E-state index in [-0.39, 0.29) is 6.10 Å². The van der Waals surface area contributed by atoms with Crippen LogP contribution >= 0.6 is 0 Å². The van der Waals surface area contributed by atoms with E-state index in [2.05, 4.69) is 54.3 Å². The van der Waals surface area contributed by atoms with Crippen LogP contribution in [-0.4, -0.2) is 24.3 Å². The minimum absolute atomic E-state index is 0.311. The zero-order chi connectivity index (χ0) is 12.3. The van der Waals surface area contributed by atoms with E-state index in [0.29, 0.717) is 6.54 Å². The van der Waals surface area contributed by atoms with E-state index in [9.17, 15) is 5.11 Å². The maximum Gasteiger partial charge on any atom is 0.0687 e. The van der Waals surface area contributed by atoms with Crippen LogP contribution < -0.4 is 4.90 Å². The molecule has 0 heterocycles. The second-order valence-electron chi connectivity index (χ2n) is 4.39. The summed E-state index contributed by atoms with van der Waals surface area (Å²) >= 11 is 0. The lowest BCUT2D eigenvalue weighted by Gasteiger charge is -2.26. The van der Waals surface area contributed by atoms with Crippen molar-refractivity contribution >= 4 is 16.5 Å². The quantitative estimate of drug-likeness (QED) is 0.871. The van der Waals surface area contributed by atoms with Crippen molar-refractivity contribution in [1.29, 1.82) is 0 Å². The largest absolute Gasteiger partial charge is 0.392 e. The summed E-state index contributed by atoms with van der Waals surface area (Å²) in [6, 6.07) is 14.7. The monoisotopic (exact) mass is 229 g/mol. The SMILES string of the molecule is CCN(CC(C)O)c1cccc2ccccc12. The molecule has 2 aromatic rings. The number of likely N-dealkylation sites (N-methyl/N-ethyl adjacent to an activating group) is 1. The van der Waals surface area contributed by atoms with Gasteiger partial charge >= 0.3 is 0 Å². The minimum Gasteiger partial charge on any atom is -0.392 e. The number of anilines is 1. The number of aliphatic hydroxyl groups excluding tert-OH is 1. The Morgan fingerprint density at radius 2 is 1.82 bits per heavy atom. The molecule has 90 valence electrons. The maximum atomic E-state index is 9.55. The van der Waals surface area contributed by atoms with Gasteiger partial charge in [-0.05, 0) is 25.3 Å². The zero-order valence-corrected chi connectivity index (χ0v) is 10.4. The molecular weight excluding hydrogens is 210 g/mol. The third-order valence-electron chi connectivity index (χ3n) is 2.97. The molecule has 1 unspecified atom stereocenters. The van der Waals surface area contributed by atoms with E-state index >= 15 is 0 Å². The van der Waals surface area contributed by atoms with E-state index < -0.39 is 0 Å². The van der Waals surface area contributed by atoms with Crippen LogP contribution in [0.5, 0.6) is 0 Å². The van der Waals surface area contributed by atoms with Crippen LogP contribution in [0.2, 0.25) is 0 Å². The van der Waals surface area contributed by atoms with Crippen LogP contribution in [-0.2, 0) is 0 Å². The van der Waals surface area contributed by atoms with Gasteiger partial charge in [0.25, 0.3) is 0 Å². The molecule has 0 saturated heterocycles. The van der Waals surface area contributed by atoms with Gasteiger partial charge < -0.3 is 10.0 Å². The lowest BCUT2D eigenvalue weighted by atomic mass is 10.1. The molecule has 0 aliphatic heterocycles. The molecule has 0 bridgehead atoms. The second-order valence-corrected chi connectivity index (χ2v) is 4.39. The second kappa shape index (κ2) is 5.19. The molecule has 1 atom stereocenters. The van der Waals surface area contributed by atoms with Gasteiger partial charge in [0.1, 0.15) is 0 Å². The average Bonchev–Trinajstić information content (AvgIpc) is 2.35. The van der Waals surface area contributed by atoms with Crippen molar-refractivity contribution < 1.29 is 5.11 Å². The van der Waals surface area contributed by atoms with Crippen LogP contribution in [0.15, 0.2) is 42.5 Å². The normalized spacial score (nSPS) is 12.6. The number of aliphatic hydroxyl groups is 1. The van der Waals surface area contributed by atoms with Gasteiger partial charge in [0, 0.05) is 24.2 Å². The fourth-order valence-corrected chi connectivity index (χ4v) is 2.20. The average molecular weight is 229 g/mol. The van der Waals surface area contributed by atoms with Crippen molar-refractivity contribution in [3.8, 4) is 0 Å². The van der Waals surface area contributed by atoms with Crippen molar-refractivity contribution in [3.63, 3.8) is 0 Å². The van der Waals surface area contributed by atoms with Crippen LogP contribution in [0.4, 0.5) is 5.69 Å². The summed E-state index contributed by atoms with van der Waals surface area (Å²) in [4.78, 5) is 2.22. The van der Waals surface area contributed by atoms with Crippen molar-refractivity contribution in [3.05, 3.63) is 42.5 Å². The molecule has 17 heavy (non-hydrogen) atoms. The third-order valence-corrected chi connectivity index (χ3v) is 2.97. The van der Waals surface area contributed by atoms with Crippen LogP contribution in [0.25, 0.3) is 10.8 Å². The number of benzene rings is 2. The molecule has 0 fully saturated rings. The Hall–Kier alpha value is -1.54. The molecule has 0 saturated carbocycles. The first-order valence-electron chi connectivity index (χ1n) is 6.13. The number of nitrogens with zero attached hydrogens (tertiary/aromatic N) is 1. The maximum absolute atomic E-state index is 9.55. The number of hydrogen-bond donors (Lipinski definition) is 1. The number of fused-ring (bicyclic) bond motifs is 1. The number of rotatable bonds is 4. The Morgan fingerprint density at radius 1 is 1.12 bits per heavy atom. The van der Waals surface area contributed by atoms with Gasteiger partial charge in [-0.1, -0.05) is 36.4 Å². The van der Waals surface area contributed by atoms with E-state index in [1.165, 1.54) is 16.5 Å². The highest BCUT2D eigenvalue weighted by molar-refractivity contribution is 5.94. The van der Waals surface area contributed by atoms with E-state index in [0.717, 1.165) is 6.54 Å². The van der Waals surface area contributed by atoms with Gasteiger partial charge in [0.05, 0.1) is 6.10 Å². The standard InChI is InChI=1S/C15H19NO/c1-3-16(11-12(2)17)15-10-6-8-13-7-4-5-9-14(13)15/h4-10,12,17H,3,11H2,1-2H3. The topological polar surface area (TPSA) is 23.5 Å². The van der Waals surface area contributed by atoms with Crippen LogP contribution in [0.3, 0.4) is 0 Å². The van der Waals surface area contributed by atoms with Gasteiger partial charge in [0.2, 0.25) is 0 Å². The van der Waals surface area contributed by atoms with Gasteiger partial charge in [-0.2, -0.15) is 0 Å². The third kappa shape index (κ3) is 2.59. The van der Waals surface area contributed by atoms with Gasteiger partial charge in [-0.25, -0.2) is 0 Å². The highest BCUT2D eigenvalue weighted by atomic mass is 16.3. The minimum atomic E-state index is -0.311. The predicted octanol–water partition coefficient (Wildman–Crippen LogP) is 3.05. The lowest BCUT2D eigenvalue weighted by Crippen LogP contribution is -2.30. The first-order chi connectivity index (χ1) is 8.22. The van der Waals surface area contributed by atoms with Crippen LogP contribution in [0.1, 0.15) is 13.8 Å². The Morgan fingerprint density at radius 3 is 2.53 bits per heavy atom. The molecule has 2 aromatic carbocycles. The zero-order valence-electron chi connectivity index (χ0n) is 10.4. The summed E-state index contributed by atoms with van der Waals surface area (Å²) in [6.45, 7) is 5.52. The first-order valence-corrected chi connectivity index (χ1v) is 6.13. The smallest absolute Gasteiger partial charge is 0.0687 e. The summed E-state index contributed by atoms with van der Waals surface area (Å²) in [5.74, 6) is 0. The predicted molar refractivity (Wildman–Crippen MR) is 73.5 cm³/mol. The van der Waals surface area contributed by atoms with E-state index in [4.69, 9.17) is 0 Å². The molecule has 1 N–H and O–H groups in total. The summed E-state index contributed by atoms with van der Waals surface area (Å²) in [7, 11) is 0. The molecule has 0 aromatic heterocycles. The Labute approximate surface area is 102 Å². The Bertz CT molecular complexity index is 488. The first kappa shape index (κ1) is 11.9. The highest BCUT2D eigenvalue weighted by Crippen LogP contribution is 2.26. The van der Waals surface area contributed by atoms with Crippen molar-refractivity contribution in [2.45, 2.75) is 20.0 Å².